The van der Waals surface area contributed by atoms with Crippen molar-refractivity contribution in [3.8, 4) is 16.3 Å². The number of carbonyl (C=O) groups excluding carboxylic acids is 1. The third kappa shape index (κ3) is 4.34. The lowest BCUT2D eigenvalue weighted by Crippen LogP contribution is -2.17. The minimum atomic E-state index is -0.219. The summed E-state index contributed by atoms with van der Waals surface area (Å²) < 4.78 is 15.8. The van der Waals surface area contributed by atoms with Gasteiger partial charge in [-0.25, -0.2) is 4.98 Å². The number of benzene rings is 1. The summed E-state index contributed by atoms with van der Waals surface area (Å²) >= 11 is 1.51. The van der Waals surface area contributed by atoms with Crippen molar-refractivity contribution in [1.29, 1.82) is 0 Å². The van der Waals surface area contributed by atoms with Crippen molar-refractivity contribution in [1.82, 2.24) is 9.97 Å². The third-order valence-electron chi connectivity index (χ3n) is 3.56. The molecule has 0 atom stereocenters. The van der Waals surface area contributed by atoms with Gasteiger partial charge in [-0.05, 0) is 18.2 Å². The summed E-state index contributed by atoms with van der Waals surface area (Å²) in [6.07, 6.45) is 1.77. The van der Waals surface area contributed by atoms with Gasteiger partial charge in [0.15, 0.2) is 0 Å². The van der Waals surface area contributed by atoms with E-state index in [0.29, 0.717) is 24.7 Å². The van der Waals surface area contributed by atoms with E-state index in [0.717, 1.165) is 21.5 Å². The summed E-state index contributed by atoms with van der Waals surface area (Å²) in [7, 11) is 3.10. The van der Waals surface area contributed by atoms with E-state index in [9.17, 15) is 4.79 Å². The Hall–Kier alpha value is -2.55. The molecule has 0 aliphatic carbocycles. The highest BCUT2D eigenvalue weighted by atomic mass is 32.1. The predicted octanol–water partition coefficient (Wildman–Crippen LogP) is 2.97. The number of nitrogens with one attached hydrogen (secondary N) is 1. The lowest BCUT2D eigenvalue weighted by Gasteiger charge is -2.12. The Morgan fingerprint density at radius 3 is 2.81 bits per heavy atom. The Bertz CT molecular complexity index is 884. The van der Waals surface area contributed by atoms with Gasteiger partial charge in [-0.3, -0.25) is 9.78 Å². The Morgan fingerprint density at radius 2 is 2.08 bits per heavy atom. The van der Waals surface area contributed by atoms with Gasteiger partial charge in [0.25, 0.3) is 0 Å². The number of carbonyl (C=O) groups is 1. The van der Waals surface area contributed by atoms with Crippen LogP contribution in [-0.2, 0) is 14.3 Å². The molecule has 0 spiro atoms. The average molecular weight is 373 g/mol. The van der Waals surface area contributed by atoms with Crippen LogP contribution in [0.1, 0.15) is 0 Å². The molecule has 0 saturated carbocycles. The Morgan fingerprint density at radius 1 is 1.19 bits per heavy atom. The van der Waals surface area contributed by atoms with E-state index in [2.05, 4.69) is 15.3 Å². The summed E-state index contributed by atoms with van der Waals surface area (Å²) in [4.78, 5) is 21.5. The summed E-state index contributed by atoms with van der Waals surface area (Å²) in [5.41, 5.74) is 3.99. The quantitative estimate of drug-likeness (QED) is 0.611. The monoisotopic (exact) mass is 373 g/mol. The molecule has 1 N–H and O–H groups in total. The fourth-order valence-electron chi connectivity index (χ4n) is 2.42. The maximum absolute atomic E-state index is 11.7. The molecule has 3 aromatic rings. The van der Waals surface area contributed by atoms with Crippen LogP contribution < -0.4 is 10.1 Å². The van der Waals surface area contributed by atoms with Crippen molar-refractivity contribution < 1.29 is 19.0 Å². The van der Waals surface area contributed by atoms with Crippen molar-refractivity contribution in [2.75, 3.05) is 39.4 Å². The topological polar surface area (TPSA) is 82.6 Å². The summed E-state index contributed by atoms with van der Waals surface area (Å²) in [6.45, 7) is 0.889. The van der Waals surface area contributed by atoms with Crippen LogP contribution in [0, 0.1) is 0 Å². The first-order valence-electron chi connectivity index (χ1n) is 7.95. The molecule has 26 heavy (non-hydrogen) atoms. The zero-order chi connectivity index (χ0) is 18.4. The zero-order valence-corrected chi connectivity index (χ0v) is 15.3. The normalized spacial score (nSPS) is 10.8. The van der Waals surface area contributed by atoms with Crippen LogP contribution in [0.5, 0.6) is 5.75 Å². The van der Waals surface area contributed by atoms with Gasteiger partial charge in [-0.15, -0.1) is 11.3 Å². The Balaban J connectivity index is 1.99. The number of amides is 1. The first kappa shape index (κ1) is 18.2. The lowest BCUT2D eigenvalue weighted by molar-refractivity contribution is -0.119. The molecule has 0 unspecified atom stereocenters. The molecule has 0 bridgehead atoms. The van der Waals surface area contributed by atoms with Gasteiger partial charge in [0.05, 0.1) is 28.2 Å². The second-order valence-corrected chi connectivity index (χ2v) is 6.31. The van der Waals surface area contributed by atoms with E-state index in [4.69, 9.17) is 14.2 Å². The summed E-state index contributed by atoms with van der Waals surface area (Å²) in [6, 6.07) is 7.38. The number of aromatic nitrogens is 2. The molecule has 0 aliphatic heterocycles. The molecule has 136 valence electrons. The molecule has 0 aliphatic rings. The minimum absolute atomic E-state index is 0.00218. The van der Waals surface area contributed by atoms with Gasteiger partial charge in [-0.1, -0.05) is 0 Å². The van der Waals surface area contributed by atoms with E-state index in [1.165, 1.54) is 18.4 Å². The van der Waals surface area contributed by atoms with Gasteiger partial charge in [0.2, 0.25) is 5.91 Å². The van der Waals surface area contributed by atoms with Gasteiger partial charge < -0.3 is 19.5 Å². The van der Waals surface area contributed by atoms with Gasteiger partial charge in [0.1, 0.15) is 19.0 Å². The van der Waals surface area contributed by atoms with Crippen LogP contribution in [-0.4, -0.2) is 49.9 Å². The molecule has 2 heterocycles. The predicted molar refractivity (Wildman–Crippen MR) is 101 cm³/mol. The van der Waals surface area contributed by atoms with Crippen molar-refractivity contribution in [3.05, 3.63) is 36.0 Å². The van der Waals surface area contributed by atoms with Crippen LogP contribution in [0.15, 0.2) is 36.0 Å². The maximum atomic E-state index is 11.7. The molecule has 3 rings (SSSR count). The first-order valence-corrected chi connectivity index (χ1v) is 8.83. The molecular formula is C18H19N3O4S. The lowest BCUT2D eigenvalue weighted by atomic mass is 10.1. The molecule has 8 heteroatoms. The van der Waals surface area contributed by atoms with E-state index < -0.39 is 0 Å². The number of anilines is 1. The Kier molecular flexibility index (Phi) is 6.11. The van der Waals surface area contributed by atoms with Crippen molar-refractivity contribution >= 4 is 33.8 Å². The second kappa shape index (κ2) is 8.70. The molecule has 1 aromatic carbocycles. The summed E-state index contributed by atoms with van der Waals surface area (Å²) in [5, 5.41) is 3.60. The highest BCUT2D eigenvalue weighted by Crippen LogP contribution is 2.33. The fraction of sp³-hybridized carbons (Fsp3) is 0.278. The average Bonchev–Trinajstić information content (AvgIpc) is 3.17. The fourth-order valence-corrected chi connectivity index (χ4v) is 3.01. The van der Waals surface area contributed by atoms with Crippen LogP contribution in [0.4, 0.5) is 5.69 Å². The largest absolute Gasteiger partial charge is 0.490 e. The first-order chi connectivity index (χ1) is 12.7. The second-order valence-electron chi connectivity index (χ2n) is 5.43. The third-order valence-corrected chi connectivity index (χ3v) is 4.36. The highest BCUT2D eigenvalue weighted by Gasteiger charge is 2.12. The molecule has 2 aromatic heterocycles. The molecular weight excluding hydrogens is 354 g/mol. The molecule has 0 saturated heterocycles. The summed E-state index contributed by atoms with van der Waals surface area (Å²) in [5.74, 6) is 0.459. The van der Waals surface area contributed by atoms with E-state index in [1.54, 1.807) is 24.9 Å². The molecule has 7 nitrogen and oxygen atoms in total. The van der Waals surface area contributed by atoms with Gasteiger partial charge >= 0.3 is 0 Å². The SMILES string of the molecule is COCCOc1cc(-c2cncs2)nc2ccc(NC(=O)COC)cc12. The number of ether oxygens (including phenoxy) is 3. The number of nitrogens with zero attached hydrogens (tertiary/aromatic N) is 2. The standard InChI is InChI=1S/C18H19N3O4S/c1-23-5-6-25-16-8-15(17-9-19-11-26-17)21-14-4-3-12(7-13(14)16)20-18(22)10-24-2/h3-4,7-9,11H,5-6,10H2,1-2H3,(H,20,22). The maximum Gasteiger partial charge on any atom is 0.250 e. The van der Waals surface area contributed by atoms with Gasteiger partial charge in [0, 0.05) is 37.6 Å². The van der Waals surface area contributed by atoms with E-state index >= 15 is 0 Å². The highest BCUT2D eigenvalue weighted by molar-refractivity contribution is 7.13. The molecule has 0 fully saturated rings. The molecule has 0 radical (unpaired) electrons. The minimum Gasteiger partial charge on any atom is -0.490 e. The Labute approximate surface area is 154 Å². The zero-order valence-electron chi connectivity index (χ0n) is 14.5. The number of methoxy groups -OCH3 is 2. The van der Waals surface area contributed by atoms with Crippen molar-refractivity contribution in [2.45, 2.75) is 0 Å². The van der Waals surface area contributed by atoms with E-state index in [-0.39, 0.29) is 12.5 Å². The number of pyridine rings is 1. The van der Waals surface area contributed by atoms with Crippen LogP contribution >= 0.6 is 11.3 Å². The number of hydrogen-bond acceptors (Lipinski definition) is 7. The van der Waals surface area contributed by atoms with Gasteiger partial charge in [-0.2, -0.15) is 0 Å². The number of fused-ring (bicyclic) bond motifs is 1. The van der Waals surface area contributed by atoms with Crippen LogP contribution in [0.2, 0.25) is 0 Å². The number of thiazole rings is 1. The number of rotatable bonds is 8. The smallest absolute Gasteiger partial charge is 0.250 e. The number of hydrogen-bond donors (Lipinski definition) is 1. The van der Waals surface area contributed by atoms with E-state index in [1.807, 2.05) is 18.2 Å². The van der Waals surface area contributed by atoms with Crippen molar-refractivity contribution in [2.24, 2.45) is 0 Å². The molecule has 1 amide bonds. The van der Waals surface area contributed by atoms with Crippen LogP contribution in [0.25, 0.3) is 21.5 Å². The van der Waals surface area contributed by atoms with Crippen LogP contribution in [0.3, 0.4) is 0 Å². The van der Waals surface area contributed by atoms with Crippen molar-refractivity contribution in [3.63, 3.8) is 0 Å².